The fourth-order valence-corrected chi connectivity index (χ4v) is 2.01. The van der Waals surface area contributed by atoms with E-state index >= 15 is 0 Å². The lowest BCUT2D eigenvalue weighted by Gasteiger charge is -2.03. The predicted molar refractivity (Wildman–Crippen MR) is 81.1 cm³/mol. The van der Waals surface area contributed by atoms with Crippen molar-refractivity contribution in [1.82, 2.24) is 0 Å². The Hall–Kier alpha value is -1.58. The van der Waals surface area contributed by atoms with E-state index in [9.17, 15) is 9.90 Å². The van der Waals surface area contributed by atoms with Crippen LogP contribution in [0.5, 0.6) is 0 Å². The topological polar surface area (TPSA) is 37.3 Å². The SMILES string of the molecule is O=C(O)/C(=C\c1ccc(Cl)cc1)c1ccc(Br)cc1. The molecule has 0 saturated heterocycles. The molecule has 96 valence electrons. The van der Waals surface area contributed by atoms with Crippen molar-refractivity contribution in [3.8, 4) is 0 Å². The highest BCUT2D eigenvalue weighted by Crippen LogP contribution is 2.21. The van der Waals surface area contributed by atoms with Gasteiger partial charge >= 0.3 is 5.97 Å². The van der Waals surface area contributed by atoms with E-state index in [1.165, 1.54) is 0 Å². The lowest BCUT2D eigenvalue weighted by molar-refractivity contribution is -0.130. The largest absolute Gasteiger partial charge is 0.478 e. The number of hydrogen-bond donors (Lipinski definition) is 1. The molecule has 1 N–H and O–H groups in total. The number of rotatable bonds is 3. The van der Waals surface area contributed by atoms with E-state index < -0.39 is 5.97 Å². The minimum absolute atomic E-state index is 0.245. The van der Waals surface area contributed by atoms with Crippen molar-refractivity contribution >= 4 is 45.1 Å². The highest BCUT2D eigenvalue weighted by molar-refractivity contribution is 9.10. The van der Waals surface area contributed by atoms with E-state index in [2.05, 4.69) is 15.9 Å². The van der Waals surface area contributed by atoms with Crippen molar-refractivity contribution in [3.05, 3.63) is 69.2 Å². The third-order valence-electron chi connectivity index (χ3n) is 2.57. The van der Waals surface area contributed by atoms with Crippen LogP contribution in [-0.2, 0) is 4.79 Å². The Morgan fingerprint density at radius 1 is 1.05 bits per heavy atom. The first kappa shape index (κ1) is 13.8. The quantitative estimate of drug-likeness (QED) is 0.649. The summed E-state index contributed by atoms with van der Waals surface area (Å²) < 4.78 is 0.910. The van der Waals surface area contributed by atoms with Gasteiger partial charge in [0.05, 0.1) is 5.57 Å². The molecule has 0 atom stereocenters. The first-order chi connectivity index (χ1) is 9.06. The summed E-state index contributed by atoms with van der Waals surface area (Å²) in [4.78, 5) is 11.4. The van der Waals surface area contributed by atoms with Crippen LogP contribution >= 0.6 is 27.5 Å². The summed E-state index contributed by atoms with van der Waals surface area (Å²) in [5.74, 6) is -0.961. The molecule has 0 aliphatic carbocycles. The zero-order chi connectivity index (χ0) is 13.8. The predicted octanol–water partition coefficient (Wildman–Crippen LogP) is 4.73. The number of aliphatic carboxylic acids is 1. The van der Waals surface area contributed by atoms with Crippen molar-refractivity contribution < 1.29 is 9.90 Å². The molecule has 0 aromatic heterocycles. The van der Waals surface area contributed by atoms with E-state index in [0.29, 0.717) is 10.6 Å². The second-order valence-corrected chi connectivity index (χ2v) is 5.27. The molecule has 0 saturated carbocycles. The molecule has 0 heterocycles. The minimum atomic E-state index is -0.961. The summed E-state index contributed by atoms with van der Waals surface area (Å²) in [5.41, 5.74) is 1.70. The van der Waals surface area contributed by atoms with Gasteiger partial charge in [0, 0.05) is 9.50 Å². The summed E-state index contributed by atoms with van der Waals surface area (Å²) >= 11 is 9.13. The molecule has 0 fully saturated rings. The third-order valence-corrected chi connectivity index (χ3v) is 3.35. The molecule has 0 aliphatic heterocycles. The zero-order valence-electron chi connectivity index (χ0n) is 9.81. The zero-order valence-corrected chi connectivity index (χ0v) is 12.1. The number of hydrogen-bond acceptors (Lipinski definition) is 1. The summed E-state index contributed by atoms with van der Waals surface area (Å²) in [7, 11) is 0. The van der Waals surface area contributed by atoms with Gasteiger partial charge in [-0.1, -0.05) is 51.8 Å². The lowest BCUT2D eigenvalue weighted by atomic mass is 10.0. The second-order valence-electron chi connectivity index (χ2n) is 3.92. The Morgan fingerprint density at radius 2 is 1.63 bits per heavy atom. The van der Waals surface area contributed by atoms with Crippen LogP contribution in [0.3, 0.4) is 0 Å². The molecular formula is C15H10BrClO2. The summed E-state index contributed by atoms with van der Waals surface area (Å²) in [5, 5.41) is 9.93. The Labute approximate surface area is 124 Å². The van der Waals surface area contributed by atoms with Crippen LogP contribution in [0.2, 0.25) is 5.02 Å². The number of carboxylic acids is 1. The molecule has 4 heteroatoms. The Kier molecular flexibility index (Phi) is 4.40. The van der Waals surface area contributed by atoms with Gasteiger partial charge in [-0.3, -0.25) is 0 Å². The number of carbonyl (C=O) groups is 1. The van der Waals surface area contributed by atoms with E-state index in [1.54, 1.807) is 42.5 Å². The molecule has 0 amide bonds. The molecule has 0 radical (unpaired) electrons. The Morgan fingerprint density at radius 3 is 2.16 bits per heavy atom. The first-order valence-electron chi connectivity index (χ1n) is 5.53. The maximum absolute atomic E-state index is 11.4. The van der Waals surface area contributed by atoms with Gasteiger partial charge in [0.1, 0.15) is 0 Å². The van der Waals surface area contributed by atoms with Gasteiger partial charge in [-0.25, -0.2) is 4.79 Å². The van der Waals surface area contributed by atoms with Gasteiger partial charge in [0.15, 0.2) is 0 Å². The standard InChI is InChI=1S/C15H10BrClO2/c16-12-5-3-11(4-6-12)14(15(18)19)9-10-1-7-13(17)8-2-10/h1-9H,(H,18,19)/b14-9-. The molecular weight excluding hydrogens is 328 g/mol. The van der Waals surface area contributed by atoms with E-state index in [1.807, 2.05) is 12.1 Å². The maximum Gasteiger partial charge on any atom is 0.336 e. The van der Waals surface area contributed by atoms with Crippen LogP contribution in [0.4, 0.5) is 0 Å². The van der Waals surface area contributed by atoms with Crippen molar-refractivity contribution in [2.75, 3.05) is 0 Å². The molecule has 0 spiro atoms. The van der Waals surface area contributed by atoms with Gasteiger partial charge < -0.3 is 5.11 Å². The van der Waals surface area contributed by atoms with Crippen molar-refractivity contribution in [2.24, 2.45) is 0 Å². The Bertz CT molecular complexity index is 616. The average molecular weight is 338 g/mol. The Balaban J connectivity index is 2.43. The van der Waals surface area contributed by atoms with Crippen LogP contribution < -0.4 is 0 Å². The summed E-state index contributed by atoms with van der Waals surface area (Å²) in [6, 6.07) is 14.2. The van der Waals surface area contributed by atoms with Crippen LogP contribution in [0.15, 0.2) is 53.0 Å². The van der Waals surface area contributed by atoms with Gasteiger partial charge in [-0.05, 0) is 41.5 Å². The van der Waals surface area contributed by atoms with Crippen LogP contribution in [0.1, 0.15) is 11.1 Å². The fourth-order valence-electron chi connectivity index (χ4n) is 1.62. The van der Waals surface area contributed by atoms with E-state index in [0.717, 1.165) is 10.0 Å². The molecule has 2 aromatic carbocycles. The second kappa shape index (κ2) is 6.04. The molecule has 2 aromatic rings. The molecule has 19 heavy (non-hydrogen) atoms. The highest BCUT2D eigenvalue weighted by Gasteiger charge is 2.10. The van der Waals surface area contributed by atoms with Crippen molar-refractivity contribution in [3.63, 3.8) is 0 Å². The van der Waals surface area contributed by atoms with Crippen LogP contribution in [0, 0.1) is 0 Å². The van der Waals surface area contributed by atoms with Crippen LogP contribution in [-0.4, -0.2) is 11.1 Å². The van der Waals surface area contributed by atoms with Gasteiger partial charge in [-0.2, -0.15) is 0 Å². The summed E-state index contributed by atoms with van der Waals surface area (Å²) in [6.07, 6.45) is 1.63. The molecule has 2 rings (SSSR count). The number of benzene rings is 2. The lowest BCUT2D eigenvalue weighted by Crippen LogP contribution is -1.99. The molecule has 0 unspecified atom stereocenters. The molecule has 0 aliphatic rings. The van der Waals surface area contributed by atoms with Crippen LogP contribution in [0.25, 0.3) is 11.6 Å². The minimum Gasteiger partial charge on any atom is -0.478 e. The fraction of sp³-hybridized carbons (Fsp3) is 0. The van der Waals surface area contributed by atoms with E-state index in [-0.39, 0.29) is 5.57 Å². The smallest absolute Gasteiger partial charge is 0.336 e. The monoisotopic (exact) mass is 336 g/mol. The molecule has 0 bridgehead atoms. The summed E-state index contributed by atoms with van der Waals surface area (Å²) in [6.45, 7) is 0. The maximum atomic E-state index is 11.4. The van der Waals surface area contributed by atoms with Crippen molar-refractivity contribution in [2.45, 2.75) is 0 Å². The average Bonchev–Trinajstić information content (AvgIpc) is 2.39. The number of halogens is 2. The molecule has 2 nitrogen and oxygen atoms in total. The van der Waals surface area contributed by atoms with Gasteiger partial charge in [-0.15, -0.1) is 0 Å². The normalized spacial score (nSPS) is 11.4. The van der Waals surface area contributed by atoms with Crippen molar-refractivity contribution in [1.29, 1.82) is 0 Å². The highest BCUT2D eigenvalue weighted by atomic mass is 79.9. The van der Waals surface area contributed by atoms with Gasteiger partial charge in [0.2, 0.25) is 0 Å². The third kappa shape index (κ3) is 3.69. The van der Waals surface area contributed by atoms with E-state index in [4.69, 9.17) is 11.6 Å². The number of carboxylic acid groups (broad SMARTS) is 1. The van der Waals surface area contributed by atoms with Gasteiger partial charge in [0.25, 0.3) is 0 Å². The first-order valence-corrected chi connectivity index (χ1v) is 6.70.